The van der Waals surface area contributed by atoms with Crippen molar-refractivity contribution in [2.45, 2.75) is 12.5 Å². The first-order chi connectivity index (χ1) is 11.6. The van der Waals surface area contributed by atoms with Crippen LogP contribution in [0.4, 0.5) is 0 Å². The third kappa shape index (κ3) is 4.08. The van der Waals surface area contributed by atoms with Crippen LogP contribution in [-0.4, -0.2) is 32.9 Å². The third-order valence-electron chi connectivity index (χ3n) is 3.17. The van der Waals surface area contributed by atoms with Crippen LogP contribution in [-0.2, 0) is 6.42 Å². The number of hydrogen-bond acceptors (Lipinski definition) is 7. The Balaban J connectivity index is 1.69. The van der Waals surface area contributed by atoms with E-state index in [0.717, 1.165) is 5.56 Å². The number of benzene rings is 1. The van der Waals surface area contributed by atoms with E-state index in [0.29, 0.717) is 34.8 Å². The van der Waals surface area contributed by atoms with Gasteiger partial charge < -0.3 is 20.1 Å². The summed E-state index contributed by atoms with van der Waals surface area (Å²) in [5.74, 6) is 1.91. The molecule has 2 aromatic heterocycles. The van der Waals surface area contributed by atoms with Crippen LogP contribution >= 0.6 is 11.6 Å². The Hall–Kier alpha value is -2.48. The lowest BCUT2D eigenvalue weighted by Gasteiger charge is -2.04. The van der Waals surface area contributed by atoms with E-state index in [1.165, 1.54) is 6.20 Å². The van der Waals surface area contributed by atoms with Gasteiger partial charge in [0.15, 0.2) is 5.82 Å². The number of hydrogen-bond donors (Lipinski definition) is 2. The molecule has 0 bridgehead atoms. The van der Waals surface area contributed by atoms with E-state index in [1.807, 2.05) is 0 Å². The highest BCUT2D eigenvalue weighted by Crippen LogP contribution is 2.24. The van der Waals surface area contributed by atoms with Crippen LogP contribution in [0.1, 0.15) is 5.82 Å². The zero-order valence-electron chi connectivity index (χ0n) is 12.6. The van der Waals surface area contributed by atoms with E-state index in [4.69, 9.17) is 31.7 Å². The molecule has 0 aliphatic heterocycles. The van der Waals surface area contributed by atoms with Crippen molar-refractivity contribution in [1.82, 2.24) is 15.1 Å². The number of aliphatic hydroxyl groups excluding tert-OH is 1. The van der Waals surface area contributed by atoms with Gasteiger partial charge in [0.2, 0.25) is 5.88 Å². The maximum absolute atomic E-state index is 8.95. The molecule has 3 rings (SSSR count). The minimum absolute atomic E-state index is 0.130. The SMILES string of the molecule is N[C@H](CO)Cc1noc(-c2ccc(Oc3ccc(Cl)cn3)cc2)n1. The van der Waals surface area contributed by atoms with Gasteiger partial charge in [0.25, 0.3) is 5.89 Å². The fraction of sp³-hybridized carbons (Fsp3) is 0.188. The summed E-state index contributed by atoms with van der Waals surface area (Å²) < 4.78 is 10.8. The summed E-state index contributed by atoms with van der Waals surface area (Å²) in [4.78, 5) is 8.32. The molecule has 0 radical (unpaired) electrons. The predicted octanol–water partition coefficient (Wildman–Crippen LogP) is 2.44. The Morgan fingerprint density at radius 3 is 2.67 bits per heavy atom. The third-order valence-corrected chi connectivity index (χ3v) is 3.39. The molecular weight excluding hydrogens is 332 g/mol. The molecular formula is C16H15ClN4O3. The molecule has 1 aromatic carbocycles. The van der Waals surface area contributed by atoms with Gasteiger partial charge >= 0.3 is 0 Å². The molecule has 1 atom stereocenters. The van der Waals surface area contributed by atoms with Crippen molar-refractivity contribution in [3.05, 3.63) is 53.4 Å². The van der Waals surface area contributed by atoms with Gasteiger partial charge in [-0.2, -0.15) is 4.98 Å². The monoisotopic (exact) mass is 346 g/mol. The van der Waals surface area contributed by atoms with Crippen molar-refractivity contribution < 1.29 is 14.4 Å². The molecule has 124 valence electrons. The van der Waals surface area contributed by atoms with Crippen molar-refractivity contribution in [3.63, 3.8) is 0 Å². The number of pyridine rings is 1. The summed E-state index contributed by atoms with van der Waals surface area (Å²) in [7, 11) is 0. The van der Waals surface area contributed by atoms with E-state index in [1.54, 1.807) is 36.4 Å². The summed E-state index contributed by atoms with van der Waals surface area (Å²) in [5.41, 5.74) is 6.41. The average Bonchev–Trinajstić information content (AvgIpc) is 3.06. The van der Waals surface area contributed by atoms with Gasteiger partial charge in [-0.1, -0.05) is 16.8 Å². The molecule has 0 saturated carbocycles. The number of aliphatic hydroxyl groups is 1. The van der Waals surface area contributed by atoms with Crippen LogP contribution in [0.3, 0.4) is 0 Å². The van der Waals surface area contributed by atoms with Gasteiger partial charge in [-0.15, -0.1) is 0 Å². The first-order valence-corrected chi connectivity index (χ1v) is 7.60. The highest BCUT2D eigenvalue weighted by Gasteiger charge is 2.12. The Labute approximate surface area is 143 Å². The molecule has 8 heteroatoms. The second kappa shape index (κ2) is 7.39. The molecule has 0 fully saturated rings. The average molecular weight is 347 g/mol. The van der Waals surface area contributed by atoms with Crippen molar-refractivity contribution >= 4 is 11.6 Å². The Morgan fingerprint density at radius 1 is 1.21 bits per heavy atom. The highest BCUT2D eigenvalue weighted by molar-refractivity contribution is 6.30. The molecule has 24 heavy (non-hydrogen) atoms. The number of halogens is 1. The lowest BCUT2D eigenvalue weighted by atomic mass is 10.2. The fourth-order valence-electron chi connectivity index (χ4n) is 1.96. The van der Waals surface area contributed by atoms with E-state index in [9.17, 15) is 0 Å². The Kier molecular flexibility index (Phi) is 5.05. The number of nitrogens with zero attached hydrogens (tertiary/aromatic N) is 3. The largest absolute Gasteiger partial charge is 0.439 e. The van der Waals surface area contributed by atoms with Gasteiger partial charge in [0.05, 0.1) is 11.6 Å². The van der Waals surface area contributed by atoms with Gasteiger partial charge in [0, 0.05) is 30.3 Å². The van der Waals surface area contributed by atoms with Crippen LogP contribution < -0.4 is 10.5 Å². The summed E-state index contributed by atoms with van der Waals surface area (Å²) in [6, 6.07) is 10.1. The first-order valence-electron chi connectivity index (χ1n) is 7.23. The smallest absolute Gasteiger partial charge is 0.257 e. The van der Waals surface area contributed by atoms with E-state index < -0.39 is 6.04 Å². The molecule has 0 aliphatic carbocycles. The quantitative estimate of drug-likeness (QED) is 0.705. The summed E-state index contributed by atoms with van der Waals surface area (Å²) in [5, 5.41) is 13.3. The summed E-state index contributed by atoms with van der Waals surface area (Å²) in [6.07, 6.45) is 1.87. The Bertz CT molecular complexity index is 790. The first kappa shape index (κ1) is 16.4. The zero-order valence-corrected chi connectivity index (χ0v) is 13.3. The van der Waals surface area contributed by atoms with Crippen LogP contribution in [0.2, 0.25) is 5.02 Å². The van der Waals surface area contributed by atoms with E-state index in [-0.39, 0.29) is 6.61 Å². The summed E-state index contributed by atoms with van der Waals surface area (Å²) >= 11 is 5.78. The maximum Gasteiger partial charge on any atom is 0.257 e. The van der Waals surface area contributed by atoms with Crippen LogP contribution in [0.15, 0.2) is 47.1 Å². The van der Waals surface area contributed by atoms with Crippen molar-refractivity contribution in [2.75, 3.05) is 6.61 Å². The molecule has 0 spiro atoms. The number of nitrogens with two attached hydrogens (primary N) is 1. The van der Waals surface area contributed by atoms with Crippen LogP contribution in [0, 0.1) is 0 Å². The molecule has 2 heterocycles. The molecule has 0 unspecified atom stereocenters. The molecule has 7 nitrogen and oxygen atoms in total. The van der Waals surface area contributed by atoms with Crippen LogP contribution in [0.25, 0.3) is 11.5 Å². The van der Waals surface area contributed by atoms with Crippen molar-refractivity contribution in [2.24, 2.45) is 5.73 Å². The minimum Gasteiger partial charge on any atom is -0.439 e. The van der Waals surface area contributed by atoms with Gasteiger partial charge in [-0.3, -0.25) is 0 Å². The number of rotatable bonds is 6. The fourth-order valence-corrected chi connectivity index (χ4v) is 2.07. The molecule has 0 amide bonds. The van der Waals surface area contributed by atoms with Crippen molar-refractivity contribution in [1.29, 1.82) is 0 Å². The predicted molar refractivity (Wildman–Crippen MR) is 87.8 cm³/mol. The standard InChI is InChI=1S/C16H15ClN4O3/c17-11-3-6-15(19-8-11)23-13-4-1-10(2-5-13)16-20-14(21-24-16)7-12(18)9-22/h1-6,8,12,22H,7,9,18H2/t12-/m0/s1. The second-order valence-electron chi connectivity index (χ2n) is 5.10. The molecule has 0 saturated heterocycles. The van der Waals surface area contributed by atoms with Gasteiger partial charge in [-0.25, -0.2) is 4.98 Å². The lowest BCUT2D eigenvalue weighted by Crippen LogP contribution is -2.27. The highest BCUT2D eigenvalue weighted by atomic mass is 35.5. The van der Waals surface area contributed by atoms with Crippen LogP contribution in [0.5, 0.6) is 11.6 Å². The van der Waals surface area contributed by atoms with Gasteiger partial charge in [-0.05, 0) is 30.3 Å². The zero-order chi connectivity index (χ0) is 16.9. The maximum atomic E-state index is 8.95. The molecule has 3 N–H and O–H groups in total. The van der Waals surface area contributed by atoms with E-state index in [2.05, 4.69) is 15.1 Å². The molecule has 0 aliphatic rings. The number of ether oxygens (including phenoxy) is 1. The molecule has 3 aromatic rings. The minimum atomic E-state index is -0.405. The number of aromatic nitrogens is 3. The second-order valence-corrected chi connectivity index (χ2v) is 5.54. The Morgan fingerprint density at radius 2 is 2.00 bits per heavy atom. The summed E-state index contributed by atoms with van der Waals surface area (Å²) in [6.45, 7) is -0.130. The normalized spacial score (nSPS) is 12.1. The van der Waals surface area contributed by atoms with E-state index >= 15 is 0 Å². The topological polar surface area (TPSA) is 107 Å². The van der Waals surface area contributed by atoms with Gasteiger partial charge in [0.1, 0.15) is 5.75 Å². The van der Waals surface area contributed by atoms with Crippen molar-refractivity contribution in [3.8, 4) is 23.1 Å². The lowest BCUT2D eigenvalue weighted by molar-refractivity contribution is 0.263.